The number of thiazole rings is 1. The van der Waals surface area contributed by atoms with E-state index in [1.165, 1.54) is 17.5 Å². The van der Waals surface area contributed by atoms with E-state index in [0.717, 1.165) is 30.9 Å². The number of morpholine rings is 1. The summed E-state index contributed by atoms with van der Waals surface area (Å²) in [6.07, 6.45) is 1.93. The minimum absolute atomic E-state index is 0.205. The lowest BCUT2D eigenvalue weighted by molar-refractivity contribution is -0.0707. The summed E-state index contributed by atoms with van der Waals surface area (Å²) < 4.78 is 17.0. The molecule has 9 nitrogen and oxygen atoms in total. The fourth-order valence-electron chi connectivity index (χ4n) is 4.12. The lowest BCUT2D eigenvalue weighted by Crippen LogP contribution is -2.44. The summed E-state index contributed by atoms with van der Waals surface area (Å²) in [5, 5.41) is 12.4. The number of hydrogen-bond acceptors (Lipinski definition) is 8. The number of nitrogens with zero attached hydrogens (tertiary/aromatic N) is 3. The number of carbonyl (C=O) groups is 1. The van der Waals surface area contributed by atoms with Crippen LogP contribution < -0.4 is 14.8 Å². The maximum atomic E-state index is 13.0. The van der Waals surface area contributed by atoms with Gasteiger partial charge in [0.05, 0.1) is 35.4 Å². The first-order valence-electron chi connectivity index (χ1n) is 10.6. The van der Waals surface area contributed by atoms with Crippen molar-refractivity contribution >= 4 is 22.4 Å². The molecule has 10 heteroatoms. The van der Waals surface area contributed by atoms with Gasteiger partial charge in [0, 0.05) is 30.6 Å². The molecule has 0 bridgehead atoms. The molecule has 32 heavy (non-hydrogen) atoms. The Hall–Kier alpha value is -2.95. The van der Waals surface area contributed by atoms with Gasteiger partial charge < -0.3 is 14.2 Å². The van der Waals surface area contributed by atoms with Crippen LogP contribution in [0.15, 0.2) is 29.8 Å². The van der Waals surface area contributed by atoms with Gasteiger partial charge in [0.25, 0.3) is 5.91 Å². The molecular formula is C22H25N5O4S. The van der Waals surface area contributed by atoms with Crippen LogP contribution in [-0.2, 0) is 11.3 Å². The summed E-state index contributed by atoms with van der Waals surface area (Å²) in [4.78, 5) is 19.9. The smallest absolute Gasteiger partial charge is 0.261 e. The van der Waals surface area contributed by atoms with Crippen molar-refractivity contribution < 1.29 is 19.0 Å². The van der Waals surface area contributed by atoms with Crippen molar-refractivity contribution in [1.82, 2.24) is 20.1 Å². The molecular weight excluding hydrogens is 430 g/mol. The van der Waals surface area contributed by atoms with Gasteiger partial charge in [-0.05, 0) is 32.0 Å². The van der Waals surface area contributed by atoms with Gasteiger partial charge in [-0.3, -0.25) is 20.1 Å². The van der Waals surface area contributed by atoms with Crippen molar-refractivity contribution in [3.05, 3.63) is 41.0 Å². The van der Waals surface area contributed by atoms with Crippen molar-refractivity contribution in [3.63, 3.8) is 0 Å². The molecule has 1 fully saturated rings. The lowest BCUT2D eigenvalue weighted by Gasteiger charge is -2.34. The highest BCUT2D eigenvalue weighted by atomic mass is 32.1. The van der Waals surface area contributed by atoms with Crippen molar-refractivity contribution in [2.45, 2.75) is 32.6 Å². The third-order valence-electron chi connectivity index (χ3n) is 5.37. The summed E-state index contributed by atoms with van der Waals surface area (Å²) in [5.74, 6) is 1.09. The molecule has 2 unspecified atom stereocenters. The number of hydrogen-bond donors (Lipinski definition) is 2. The second kappa shape index (κ2) is 8.89. The average Bonchev–Trinajstić information content (AvgIpc) is 3.42. The minimum atomic E-state index is -0.266. The van der Waals surface area contributed by atoms with E-state index in [2.05, 4.69) is 39.2 Å². The highest BCUT2D eigenvalue weighted by molar-refractivity contribution is 7.14. The van der Waals surface area contributed by atoms with Gasteiger partial charge in [-0.2, -0.15) is 5.10 Å². The molecule has 0 spiro atoms. The van der Waals surface area contributed by atoms with Crippen LogP contribution in [0, 0.1) is 0 Å². The Labute approximate surface area is 189 Å². The Morgan fingerprint density at radius 1 is 1.22 bits per heavy atom. The topological polar surface area (TPSA) is 102 Å². The molecule has 1 amide bonds. The Bertz CT molecular complexity index is 1100. The Kier molecular flexibility index (Phi) is 5.81. The Morgan fingerprint density at radius 2 is 2.00 bits per heavy atom. The SMILES string of the molecule is CC1CN(Cc2csc(NC(=O)c3cn[nH]c3-c3ccc4c(c3)OCCO4)n2)CC(C)O1. The van der Waals surface area contributed by atoms with E-state index >= 15 is 0 Å². The van der Waals surface area contributed by atoms with Gasteiger partial charge in [0.2, 0.25) is 0 Å². The first-order valence-corrected chi connectivity index (χ1v) is 11.5. The number of amides is 1. The first kappa shape index (κ1) is 20.9. The fraction of sp³-hybridized carbons (Fsp3) is 0.409. The molecule has 2 aliphatic rings. The molecule has 168 valence electrons. The van der Waals surface area contributed by atoms with Gasteiger partial charge >= 0.3 is 0 Å². The number of aromatic amines is 1. The van der Waals surface area contributed by atoms with E-state index < -0.39 is 0 Å². The van der Waals surface area contributed by atoms with E-state index in [9.17, 15) is 4.79 Å². The molecule has 2 aliphatic heterocycles. The molecule has 2 atom stereocenters. The number of anilines is 1. The van der Waals surface area contributed by atoms with Crippen LogP contribution >= 0.6 is 11.3 Å². The number of carbonyl (C=O) groups excluding carboxylic acids is 1. The van der Waals surface area contributed by atoms with Gasteiger partial charge in [-0.1, -0.05) is 0 Å². The second-order valence-corrected chi connectivity index (χ2v) is 8.92. The van der Waals surface area contributed by atoms with Crippen molar-refractivity contribution in [2.24, 2.45) is 0 Å². The minimum Gasteiger partial charge on any atom is -0.486 e. The quantitative estimate of drug-likeness (QED) is 0.609. The fourth-order valence-corrected chi connectivity index (χ4v) is 4.82. The molecule has 1 aromatic carbocycles. The molecule has 1 saturated heterocycles. The van der Waals surface area contributed by atoms with Gasteiger partial charge in [-0.15, -0.1) is 11.3 Å². The summed E-state index contributed by atoms with van der Waals surface area (Å²) in [5.41, 5.74) is 2.79. The predicted molar refractivity (Wildman–Crippen MR) is 120 cm³/mol. The van der Waals surface area contributed by atoms with Gasteiger partial charge in [0.15, 0.2) is 16.6 Å². The predicted octanol–water partition coefficient (Wildman–Crippen LogP) is 3.17. The van der Waals surface area contributed by atoms with Crippen LogP contribution in [0.25, 0.3) is 11.3 Å². The number of benzene rings is 1. The van der Waals surface area contributed by atoms with Crippen LogP contribution in [-0.4, -0.2) is 64.5 Å². The van der Waals surface area contributed by atoms with E-state index in [1.807, 2.05) is 23.6 Å². The molecule has 0 aliphatic carbocycles. The van der Waals surface area contributed by atoms with Crippen LogP contribution in [0.5, 0.6) is 11.5 Å². The summed E-state index contributed by atoms with van der Waals surface area (Å²) in [6, 6.07) is 5.57. The molecule has 5 rings (SSSR count). The number of fused-ring (bicyclic) bond motifs is 1. The second-order valence-electron chi connectivity index (χ2n) is 8.07. The number of nitrogens with one attached hydrogen (secondary N) is 2. The zero-order valence-corrected chi connectivity index (χ0v) is 18.8. The molecule has 2 N–H and O–H groups in total. The third kappa shape index (κ3) is 4.47. The maximum absolute atomic E-state index is 13.0. The van der Waals surface area contributed by atoms with Crippen LogP contribution in [0.3, 0.4) is 0 Å². The van der Waals surface area contributed by atoms with E-state index in [4.69, 9.17) is 14.2 Å². The van der Waals surface area contributed by atoms with Crippen LogP contribution in [0.4, 0.5) is 5.13 Å². The molecule has 2 aromatic heterocycles. The van der Waals surface area contributed by atoms with Crippen molar-refractivity contribution in [3.8, 4) is 22.8 Å². The zero-order chi connectivity index (χ0) is 22.1. The zero-order valence-electron chi connectivity index (χ0n) is 18.0. The van der Waals surface area contributed by atoms with E-state index in [0.29, 0.717) is 41.1 Å². The summed E-state index contributed by atoms with van der Waals surface area (Å²) in [6.45, 7) is 7.68. The van der Waals surface area contributed by atoms with E-state index in [1.54, 1.807) is 0 Å². The largest absolute Gasteiger partial charge is 0.486 e. The Balaban J connectivity index is 1.27. The van der Waals surface area contributed by atoms with Gasteiger partial charge in [-0.25, -0.2) is 4.98 Å². The van der Waals surface area contributed by atoms with Gasteiger partial charge in [0.1, 0.15) is 13.2 Å². The number of rotatable bonds is 5. The molecule has 4 heterocycles. The molecule has 0 saturated carbocycles. The lowest BCUT2D eigenvalue weighted by atomic mass is 10.1. The number of H-pyrrole nitrogens is 1. The third-order valence-corrected chi connectivity index (χ3v) is 6.17. The van der Waals surface area contributed by atoms with Crippen LogP contribution in [0.1, 0.15) is 29.9 Å². The average molecular weight is 456 g/mol. The molecule has 0 radical (unpaired) electrons. The standard InChI is InChI=1S/C22H25N5O4S/c1-13-9-27(10-14(2)31-13)11-16-12-32-22(24-16)25-21(28)17-8-23-26-20(17)15-3-4-18-19(7-15)30-6-5-29-18/h3-4,7-8,12-14H,5-6,9-11H2,1-2H3,(H,23,26)(H,24,25,28). The number of ether oxygens (including phenoxy) is 3. The highest BCUT2D eigenvalue weighted by Gasteiger charge is 2.23. The van der Waals surface area contributed by atoms with E-state index in [-0.39, 0.29) is 18.1 Å². The highest BCUT2D eigenvalue weighted by Crippen LogP contribution is 2.35. The molecule has 3 aromatic rings. The Morgan fingerprint density at radius 3 is 2.81 bits per heavy atom. The van der Waals surface area contributed by atoms with Crippen molar-refractivity contribution in [1.29, 1.82) is 0 Å². The normalized spacial score (nSPS) is 20.8. The first-order chi connectivity index (χ1) is 15.5. The van der Waals surface area contributed by atoms with Crippen LogP contribution in [0.2, 0.25) is 0 Å². The van der Waals surface area contributed by atoms with Crippen molar-refractivity contribution in [2.75, 3.05) is 31.6 Å². The summed E-state index contributed by atoms with van der Waals surface area (Å²) in [7, 11) is 0. The number of aromatic nitrogens is 3. The monoisotopic (exact) mass is 455 g/mol. The maximum Gasteiger partial charge on any atom is 0.261 e. The summed E-state index contributed by atoms with van der Waals surface area (Å²) >= 11 is 1.42.